The van der Waals surface area contributed by atoms with Gasteiger partial charge in [0.05, 0.1) is 6.10 Å². The van der Waals surface area contributed by atoms with Crippen LogP contribution in [0.1, 0.15) is 18.6 Å². The Kier molecular flexibility index (Phi) is 6.38. The number of hydrogen-bond acceptors (Lipinski definition) is 3. The van der Waals surface area contributed by atoms with E-state index in [1.54, 1.807) is 0 Å². The second kappa shape index (κ2) is 7.56. The topological polar surface area (TPSA) is 49.3 Å². The summed E-state index contributed by atoms with van der Waals surface area (Å²) in [5, 5.41) is 12.7. The fourth-order valence-corrected chi connectivity index (χ4v) is 2.07. The van der Waals surface area contributed by atoms with Gasteiger partial charge >= 0.3 is 0 Å². The highest BCUT2D eigenvalue weighted by atomic mass is 32.2. The molecular weight excluding hydrogens is 260 g/mol. The zero-order chi connectivity index (χ0) is 13.5. The lowest BCUT2D eigenvalue weighted by molar-refractivity contribution is 0.175. The van der Waals surface area contributed by atoms with Crippen molar-refractivity contribution in [2.24, 2.45) is 0 Å². The average Bonchev–Trinajstić information content (AvgIpc) is 2.37. The Morgan fingerprint density at radius 3 is 2.72 bits per heavy atom. The van der Waals surface area contributed by atoms with E-state index >= 15 is 0 Å². The maximum Gasteiger partial charge on any atom is 0.159 e. The zero-order valence-electron chi connectivity index (χ0n) is 10.2. The van der Waals surface area contributed by atoms with Crippen molar-refractivity contribution < 1.29 is 18.1 Å². The molecule has 0 spiro atoms. The van der Waals surface area contributed by atoms with E-state index in [1.807, 2.05) is 6.92 Å². The van der Waals surface area contributed by atoms with E-state index in [0.29, 0.717) is 23.6 Å². The van der Waals surface area contributed by atoms with Gasteiger partial charge in [0.1, 0.15) is 0 Å². The van der Waals surface area contributed by atoms with E-state index in [-0.39, 0.29) is 6.54 Å². The van der Waals surface area contributed by atoms with Gasteiger partial charge in [-0.15, -0.1) is 0 Å². The molecule has 0 saturated heterocycles. The summed E-state index contributed by atoms with van der Waals surface area (Å²) in [6, 6.07) is 3.31. The predicted molar refractivity (Wildman–Crippen MR) is 67.7 cm³/mol. The van der Waals surface area contributed by atoms with Crippen LogP contribution >= 0.6 is 0 Å². The minimum Gasteiger partial charge on any atom is -0.387 e. The zero-order valence-corrected chi connectivity index (χ0v) is 11.0. The van der Waals surface area contributed by atoms with Crippen molar-refractivity contribution >= 4 is 10.8 Å². The number of rotatable bonds is 7. The van der Waals surface area contributed by atoms with Gasteiger partial charge in [-0.25, -0.2) is 8.78 Å². The molecule has 0 aliphatic carbocycles. The molecule has 0 fully saturated rings. The lowest BCUT2D eigenvalue weighted by Gasteiger charge is -2.12. The van der Waals surface area contributed by atoms with Crippen molar-refractivity contribution in [1.29, 1.82) is 0 Å². The Hall–Kier alpha value is -0.850. The first-order valence-electron chi connectivity index (χ1n) is 5.73. The third-order valence-corrected chi connectivity index (χ3v) is 3.80. The van der Waals surface area contributed by atoms with Crippen LogP contribution in [0.3, 0.4) is 0 Å². The van der Waals surface area contributed by atoms with Crippen LogP contribution in [-0.2, 0) is 10.8 Å². The summed E-state index contributed by atoms with van der Waals surface area (Å²) in [5.41, 5.74) is 0.318. The molecule has 1 rings (SSSR count). The number of hydrogen-bond donors (Lipinski definition) is 2. The van der Waals surface area contributed by atoms with Crippen LogP contribution in [0.25, 0.3) is 0 Å². The van der Waals surface area contributed by atoms with E-state index in [9.17, 15) is 18.1 Å². The van der Waals surface area contributed by atoms with Crippen molar-refractivity contribution in [2.75, 3.05) is 24.6 Å². The van der Waals surface area contributed by atoms with Gasteiger partial charge in [-0.05, 0) is 17.7 Å². The van der Waals surface area contributed by atoms with Crippen molar-refractivity contribution in [3.8, 4) is 0 Å². The lowest BCUT2D eigenvalue weighted by atomic mass is 10.1. The monoisotopic (exact) mass is 277 g/mol. The maximum absolute atomic E-state index is 12.9. The first-order valence-corrected chi connectivity index (χ1v) is 7.22. The van der Waals surface area contributed by atoms with Crippen molar-refractivity contribution in [3.63, 3.8) is 0 Å². The van der Waals surface area contributed by atoms with E-state index < -0.39 is 28.5 Å². The van der Waals surface area contributed by atoms with Gasteiger partial charge in [-0.1, -0.05) is 13.0 Å². The molecule has 1 aromatic carbocycles. The Balaban J connectivity index is 2.38. The SMILES string of the molecule is CCS(=O)CCNCC(O)c1ccc(F)c(F)c1. The van der Waals surface area contributed by atoms with Crippen LogP contribution in [0.2, 0.25) is 0 Å². The van der Waals surface area contributed by atoms with Crippen molar-refractivity contribution in [3.05, 3.63) is 35.4 Å². The van der Waals surface area contributed by atoms with Crippen LogP contribution < -0.4 is 5.32 Å². The molecule has 1 aromatic rings. The van der Waals surface area contributed by atoms with Gasteiger partial charge < -0.3 is 10.4 Å². The Labute approximate surface area is 108 Å². The van der Waals surface area contributed by atoms with Gasteiger partial charge in [0, 0.05) is 35.4 Å². The fourth-order valence-electron chi connectivity index (χ4n) is 1.41. The predicted octanol–water partition coefficient (Wildman–Crippen LogP) is 1.36. The van der Waals surface area contributed by atoms with E-state index in [4.69, 9.17) is 0 Å². The van der Waals surface area contributed by atoms with Gasteiger partial charge in [0.15, 0.2) is 11.6 Å². The number of nitrogens with one attached hydrogen (secondary N) is 1. The fraction of sp³-hybridized carbons (Fsp3) is 0.500. The van der Waals surface area contributed by atoms with Gasteiger partial charge in [-0.2, -0.15) is 0 Å². The number of benzene rings is 1. The summed E-state index contributed by atoms with van der Waals surface area (Å²) < 4.78 is 36.7. The third-order valence-electron chi connectivity index (χ3n) is 2.49. The molecule has 0 aliphatic heterocycles. The Bertz CT molecular complexity index is 415. The minimum atomic E-state index is -0.973. The summed E-state index contributed by atoms with van der Waals surface area (Å²) >= 11 is 0. The van der Waals surface area contributed by atoms with Crippen LogP contribution in [0.15, 0.2) is 18.2 Å². The molecule has 2 unspecified atom stereocenters. The maximum atomic E-state index is 12.9. The normalized spacial score (nSPS) is 14.4. The molecule has 0 aromatic heterocycles. The van der Waals surface area contributed by atoms with E-state index in [1.165, 1.54) is 6.07 Å². The van der Waals surface area contributed by atoms with Gasteiger partial charge in [0.25, 0.3) is 0 Å². The Morgan fingerprint density at radius 1 is 1.39 bits per heavy atom. The van der Waals surface area contributed by atoms with Crippen LogP contribution in [0.5, 0.6) is 0 Å². The second-order valence-corrected chi connectivity index (χ2v) is 5.69. The molecule has 0 bridgehead atoms. The third kappa shape index (κ3) is 4.80. The Morgan fingerprint density at radius 2 is 2.11 bits per heavy atom. The molecule has 2 atom stereocenters. The minimum absolute atomic E-state index is 0.214. The quantitative estimate of drug-likeness (QED) is 0.740. The molecule has 0 aliphatic rings. The molecule has 0 radical (unpaired) electrons. The highest BCUT2D eigenvalue weighted by Crippen LogP contribution is 2.15. The highest BCUT2D eigenvalue weighted by Gasteiger charge is 2.10. The first-order chi connectivity index (χ1) is 8.54. The smallest absolute Gasteiger partial charge is 0.159 e. The van der Waals surface area contributed by atoms with Gasteiger partial charge in [0.2, 0.25) is 0 Å². The van der Waals surface area contributed by atoms with E-state index in [0.717, 1.165) is 12.1 Å². The molecular formula is C12H17F2NO2S. The second-order valence-electron chi connectivity index (χ2n) is 3.83. The molecule has 102 valence electrons. The van der Waals surface area contributed by atoms with Crippen LogP contribution in [-0.4, -0.2) is 33.9 Å². The largest absolute Gasteiger partial charge is 0.387 e. The molecule has 0 amide bonds. The van der Waals surface area contributed by atoms with Crippen LogP contribution in [0, 0.1) is 11.6 Å². The highest BCUT2D eigenvalue weighted by molar-refractivity contribution is 7.84. The molecule has 3 nitrogen and oxygen atoms in total. The summed E-state index contributed by atoms with van der Waals surface area (Å²) in [7, 11) is -0.847. The number of aliphatic hydroxyl groups is 1. The van der Waals surface area contributed by atoms with Gasteiger partial charge in [-0.3, -0.25) is 4.21 Å². The standard InChI is InChI=1S/C12H17F2NO2S/c1-2-18(17)6-5-15-8-12(16)9-3-4-10(13)11(14)7-9/h3-4,7,12,15-16H,2,5-6,8H2,1H3. The number of halogens is 2. The molecule has 18 heavy (non-hydrogen) atoms. The molecule has 6 heteroatoms. The summed E-state index contributed by atoms with van der Waals surface area (Å²) in [5.74, 6) is -0.787. The lowest BCUT2D eigenvalue weighted by Crippen LogP contribution is -2.26. The van der Waals surface area contributed by atoms with Crippen molar-refractivity contribution in [1.82, 2.24) is 5.32 Å². The summed E-state index contributed by atoms with van der Waals surface area (Å²) in [6.45, 7) is 2.57. The van der Waals surface area contributed by atoms with Crippen LogP contribution in [0.4, 0.5) is 8.78 Å². The molecule has 0 saturated carbocycles. The average molecular weight is 277 g/mol. The number of aliphatic hydroxyl groups excluding tert-OH is 1. The molecule has 2 N–H and O–H groups in total. The van der Waals surface area contributed by atoms with E-state index in [2.05, 4.69) is 5.32 Å². The summed E-state index contributed by atoms with van der Waals surface area (Å²) in [6.07, 6.45) is -0.907. The van der Waals surface area contributed by atoms with Crippen molar-refractivity contribution in [2.45, 2.75) is 13.0 Å². The summed E-state index contributed by atoms with van der Waals surface area (Å²) in [4.78, 5) is 0. The first kappa shape index (κ1) is 15.2. The molecule has 0 heterocycles.